The summed E-state index contributed by atoms with van der Waals surface area (Å²) in [6.07, 6.45) is 1.68. The summed E-state index contributed by atoms with van der Waals surface area (Å²) in [4.78, 5) is 11.5. The van der Waals surface area contributed by atoms with Crippen molar-refractivity contribution in [1.29, 1.82) is 0 Å². The Balaban J connectivity index is 1.89. The van der Waals surface area contributed by atoms with Gasteiger partial charge in [-0.2, -0.15) is 4.72 Å². The molecule has 162 valence electrons. The van der Waals surface area contributed by atoms with E-state index in [1.54, 1.807) is 12.1 Å². The second kappa shape index (κ2) is 10.6. The Bertz CT molecular complexity index is 1120. The quantitative estimate of drug-likeness (QED) is 0.463. The van der Waals surface area contributed by atoms with Gasteiger partial charge in [0.1, 0.15) is 0 Å². The molecule has 0 spiro atoms. The summed E-state index contributed by atoms with van der Waals surface area (Å²) < 4.78 is 33.6. The molecule has 3 rings (SSSR count). The minimum Gasteiger partial charge on any atom is -0.469 e. The van der Waals surface area contributed by atoms with Gasteiger partial charge >= 0.3 is 5.97 Å². The van der Waals surface area contributed by atoms with Crippen LogP contribution in [0.4, 0.5) is 0 Å². The minimum absolute atomic E-state index is 0.145. The summed E-state index contributed by atoms with van der Waals surface area (Å²) >= 11 is 5.90. The van der Waals surface area contributed by atoms with Crippen LogP contribution in [0.5, 0.6) is 0 Å². The Morgan fingerprint density at radius 1 is 0.968 bits per heavy atom. The number of rotatable bonds is 9. The fourth-order valence-electron chi connectivity index (χ4n) is 3.28. The molecule has 0 radical (unpaired) electrons. The van der Waals surface area contributed by atoms with Crippen molar-refractivity contribution < 1.29 is 17.9 Å². The molecule has 0 bridgehead atoms. The maximum Gasteiger partial charge on any atom is 0.305 e. The molecular formula is C24H24ClNO4S. The highest BCUT2D eigenvalue weighted by atomic mass is 35.5. The molecule has 31 heavy (non-hydrogen) atoms. The molecule has 1 unspecified atom stereocenters. The van der Waals surface area contributed by atoms with Gasteiger partial charge in [0.15, 0.2) is 0 Å². The fraction of sp³-hybridized carbons (Fsp3) is 0.208. The normalized spacial score (nSPS) is 12.3. The zero-order valence-electron chi connectivity index (χ0n) is 17.1. The summed E-state index contributed by atoms with van der Waals surface area (Å²) in [7, 11) is -2.41. The van der Waals surface area contributed by atoms with Gasteiger partial charge in [0, 0.05) is 11.4 Å². The molecule has 3 aromatic rings. The molecule has 0 heterocycles. The van der Waals surface area contributed by atoms with Gasteiger partial charge in [-0.05, 0) is 53.8 Å². The first-order valence-electron chi connectivity index (χ1n) is 9.87. The van der Waals surface area contributed by atoms with Crippen molar-refractivity contribution in [2.45, 2.75) is 30.2 Å². The van der Waals surface area contributed by atoms with Gasteiger partial charge in [-0.3, -0.25) is 4.79 Å². The fourth-order valence-corrected chi connectivity index (χ4v) is 4.62. The van der Waals surface area contributed by atoms with Crippen LogP contribution in [0, 0.1) is 0 Å². The first kappa shape index (κ1) is 23.0. The highest BCUT2D eigenvalue weighted by Crippen LogP contribution is 2.26. The number of halogens is 1. The van der Waals surface area contributed by atoms with Crippen LogP contribution in [-0.4, -0.2) is 21.5 Å². The minimum atomic E-state index is -3.79. The number of benzene rings is 3. The van der Waals surface area contributed by atoms with E-state index in [0.29, 0.717) is 24.3 Å². The number of carbonyl (C=O) groups excluding carboxylic acids is 1. The number of aryl methyl sites for hydroxylation is 1. The summed E-state index contributed by atoms with van der Waals surface area (Å²) in [6.45, 7) is 0. The lowest BCUT2D eigenvalue weighted by atomic mass is 9.96. The van der Waals surface area contributed by atoms with Gasteiger partial charge in [0.25, 0.3) is 0 Å². The van der Waals surface area contributed by atoms with E-state index in [4.69, 9.17) is 11.6 Å². The smallest absolute Gasteiger partial charge is 0.305 e. The van der Waals surface area contributed by atoms with Crippen LogP contribution in [0.3, 0.4) is 0 Å². The monoisotopic (exact) mass is 457 g/mol. The van der Waals surface area contributed by atoms with Crippen LogP contribution in [0.15, 0.2) is 83.8 Å². The molecule has 5 nitrogen and oxygen atoms in total. The van der Waals surface area contributed by atoms with E-state index in [1.165, 1.54) is 19.2 Å². The maximum atomic E-state index is 13.1. The molecule has 0 aliphatic heterocycles. The Morgan fingerprint density at radius 3 is 2.32 bits per heavy atom. The van der Waals surface area contributed by atoms with E-state index < -0.39 is 16.1 Å². The molecule has 0 fully saturated rings. The van der Waals surface area contributed by atoms with Crippen LogP contribution in [0.2, 0.25) is 5.02 Å². The van der Waals surface area contributed by atoms with Crippen molar-refractivity contribution in [3.05, 3.63) is 101 Å². The van der Waals surface area contributed by atoms with Crippen molar-refractivity contribution in [2.24, 2.45) is 0 Å². The van der Waals surface area contributed by atoms with Crippen molar-refractivity contribution in [3.63, 3.8) is 0 Å². The molecule has 0 aromatic heterocycles. The Kier molecular flexibility index (Phi) is 7.85. The largest absolute Gasteiger partial charge is 0.469 e. The third kappa shape index (κ3) is 6.40. The Labute approximate surface area is 188 Å². The van der Waals surface area contributed by atoms with Crippen molar-refractivity contribution in [1.82, 2.24) is 4.72 Å². The number of hydrogen-bond donors (Lipinski definition) is 1. The van der Waals surface area contributed by atoms with E-state index in [0.717, 1.165) is 16.7 Å². The predicted octanol–water partition coefficient (Wildman–Crippen LogP) is 4.90. The van der Waals surface area contributed by atoms with Crippen molar-refractivity contribution >= 4 is 27.6 Å². The molecule has 1 atom stereocenters. The molecular weight excluding hydrogens is 434 g/mol. The number of methoxy groups -OCH3 is 1. The van der Waals surface area contributed by atoms with Gasteiger partial charge in [0.2, 0.25) is 10.0 Å². The van der Waals surface area contributed by atoms with Gasteiger partial charge in [-0.1, -0.05) is 66.2 Å². The number of nitrogens with one attached hydrogen (secondary N) is 1. The summed E-state index contributed by atoms with van der Waals surface area (Å²) in [5.41, 5.74) is 2.67. The highest BCUT2D eigenvalue weighted by molar-refractivity contribution is 7.89. The Morgan fingerprint density at radius 2 is 1.65 bits per heavy atom. The molecule has 0 saturated heterocycles. The topological polar surface area (TPSA) is 72.5 Å². The second-order valence-electron chi connectivity index (χ2n) is 7.09. The van der Waals surface area contributed by atoms with E-state index >= 15 is 0 Å². The summed E-state index contributed by atoms with van der Waals surface area (Å²) in [5, 5.41) is 0.471. The second-order valence-corrected chi connectivity index (χ2v) is 9.24. The van der Waals surface area contributed by atoms with Crippen LogP contribution in [-0.2, 0) is 26.0 Å². The SMILES string of the molecule is COC(=O)CCCc1cccc(C(NS(=O)(=O)c2ccc(Cl)cc2)c2ccccc2)c1. The van der Waals surface area contributed by atoms with E-state index in [-0.39, 0.29) is 10.9 Å². The number of carbonyl (C=O) groups is 1. The first-order valence-corrected chi connectivity index (χ1v) is 11.7. The lowest BCUT2D eigenvalue weighted by Crippen LogP contribution is -2.29. The van der Waals surface area contributed by atoms with E-state index in [9.17, 15) is 13.2 Å². The Hall–Kier alpha value is -2.67. The maximum absolute atomic E-state index is 13.1. The highest BCUT2D eigenvalue weighted by Gasteiger charge is 2.23. The number of hydrogen-bond acceptors (Lipinski definition) is 4. The van der Waals surface area contributed by atoms with Crippen LogP contribution in [0.25, 0.3) is 0 Å². The number of sulfonamides is 1. The molecule has 1 N–H and O–H groups in total. The average Bonchev–Trinajstić information content (AvgIpc) is 2.78. The predicted molar refractivity (Wildman–Crippen MR) is 121 cm³/mol. The van der Waals surface area contributed by atoms with Gasteiger partial charge in [0.05, 0.1) is 18.0 Å². The zero-order chi connectivity index (χ0) is 22.3. The molecule has 7 heteroatoms. The molecule has 0 aliphatic rings. The van der Waals surface area contributed by atoms with Crippen LogP contribution in [0.1, 0.15) is 35.6 Å². The molecule has 0 amide bonds. The third-order valence-corrected chi connectivity index (χ3v) is 6.58. The third-order valence-electron chi connectivity index (χ3n) is 4.89. The lowest BCUT2D eigenvalue weighted by molar-refractivity contribution is -0.140. The molecule has 3 aromatic carbocycles. The first-order chi connectivity index (χ1) is 14.9. The lowest BCUT2D eigenvalue weighted by Gasteiger charge is -2.21. The summed E-state index contributed by atoms with van der Waals surface area (Å²) in [5.74, 6) is -0.242. The number of esters is 1. The average molecular weight is 458 g/mol. The van der Waals surface area contributed by atoms with Gasteiger partial charge < -0.3 is 4.74 Å². The van der Waals surface area contributed by atoms with Crippen molar-refractivity contribution in [2.75, 3.05) is 7.11 Å². The van der Waals surface area contributed by atoms with Crippen LogP contribution < -0.4 is 4.72 Å². The zero-order valence-corrected chi connectivity index (χ0v) is 18.7. The molecule has 0 aliphatic carbocycles. The number of ether oxygens (including phenoxy) is 1. The van der Waals surface area contributed by atoms with Crippen molar-refractivity contribution in [3.8, 4) is 0 Å². The standard InChI is InChI=1S/C24H24ClNO4S/c1-30-23(27)12-6-8-18-7-5-11-20(17-18)24(19-9-3-2-4-10-19)26-31(28,29)22-15-13-21(25)14-16-22/h2-5,7,9-11,13-17,24,26H,6,8,12H2,1H3. The summed E-state index contributed by atoms with van der Waals surface area (Å²) in [6, 6.07) is 22.6. The van der Waals surface area contributed by atoms with Gasteiger partial charge in [-0.25, -0.2) is 8.42 Å². The van der Waals surface area contributed by atoms with E-state index in [2.05, 4.69) is 9.46 Å². The van der Waals surface area contributed by atoms with Gasteiger partial charge in [-0.15, -0.1) is 0 Å². The van der Waals surface area contributed by atoms with Crippen LogP contribution >= 0.6 is 11.6 Å². The van der Waals surface area contributed by atoms with E-state index in [1.807, 2.05) is 54.6 Å². The molecule has 0 saturated carbocycles.